The Morgan fingerprint density at radius 3 is 2.55 bits per heavy atom. The normalized spacial score (nSPS) is 18.9. The number of fused-ring (bicyclic) bond motifs is 1. The summed E-state index contributed by atoms with van der Waals surface area (Å²) in [7, 11) is 0. The monoisotopic (exact) mass is 456 g/mol. The highest BCUT2D eigenvalue weighted by Gasteiger charge is 2.34. The molecule has 152 valence electrons. The van der Waals surface area contributed by atoms with Gasteiger partial charge in [0.25, 0.3) is 0 Å². The number of rotatable bonds is 4. The summed E-state index contributed by atoms with van der Waals surface area (Å²) < 4.78 is 6.95. The van der Waals surface area contributed by atoms with E-state index in [0.717, 1.165) is 48.3 Å². The molecule has 29 heavy (non-hydrogen) atoms. The highest BCUT2D eigenvalue weighted by molar-refractivity contribution is 9.10. The number of carbonyl (C=O) groups is 1. The minimum atomic E-state index is -0.134. The second-order valence-corrected chi connectivity index (χ2v) is 8.42. The minimum absolute atomic E-state index is 0.134. The van der Waals surface area contributed by atoms with E-state index in [1.165, 1.54) is 0 Å². The molecule has 5 nitrogen and oxygen atoms in total. The molecule has 0 aliphatic carbocycles. The number of aromatic hydroxyl groups is 1. The van der Waals surface area contributed by atoms with E-state index in [1.807, 2.05) is 31.2 Å². The van der Waals surface area contributed by atoms with E-state index in [4.69, 9.17) is 4.74 Å². The fourth-order valence-corrected chi connectivity index (χ4v) is 4.35. The topological polar surface area (TPSA) is 53.0 Å². The summed E-state index contributed by atoms with van der Waals surface area (Å²) in [5.74, 6) is 0.848. The van der Waals surface area contributed by atoms with Crippen molar-refractivity contribution in [3.63, 3.8) is 0 Å². The summed E-state index contributed by atoms with van der Waals surface area (Å²) in [5.41, 5.74) is 2.86. The van der Waals surface area contributed by atoms with E-state index in [-0.39, 0.29) is 17.3 Å². The number of benzene rings is 2. The number of piperazine rings is 1. The molecule has 1 N–H and O–H groups in total. The first kappa shape index (κ1) is 20.1. The van der Waals surface area contributed by atoms with Crippen LogP contribution in [-0.4, -0.2) is 53.4 Å². The van der Waals surface area contributed by atoms with Crippen LogP contribution < -0.4 is 4.74 Å². The van der Waals surface area contributed by atoms with Crippen molar-refractivity contribution in [2.24, 2.45) is 0 Å². The second-order valence-electron chi connectivity index (χ2n) is 7.57. The summed E-state index contributed by atoms with van der Waals surface area (Å²) in [6.07, 6.45) is 1.76. The van der Waals surface area contributed by atoms with Crippen molar-refractivity contribution < 1.29 is 14.6 Å². The number of aryl methyl sites for hydroxylation is 1. The van der Waals surface area contributed by atoms with Crippen LogP contribution in [0, 0.1) is 6.92 Å². The molecule has 2 heterocycles. The molecule has 0 unspecified atom stereocenters. The first-order valence-electron chi connectivity index (χ1n) is 9.97. The first-order valence-corrected chi connectivity index (χ1v) is 10.8. The van der Waals surface area contributed by atoms with Crippen molar-refractivity contribution in [1.82, 2.24) is 9.80 Å². The Morgan fingerprint density at radius 1 is 1.17 bits per heavy atom. The number of likely N-dealkylation sites (N-methyl/N-ethyl adjacent to an activating group) is 1. The lowest BCUT2D eigenvalue weighted by atomic mass is 9.99. The van der Waals surface area contributed by atoms with Crippen molar-refractivity contribution in [2.75, 3.05) is 32.7 Å². The molecule has 0 aromatic heterocycles. The van der Waals surface area contributed by atoms with E-state index >= 15 is 0 Å². The lowest BCUT2D eigenvalue weighted by Crippen LogP contribution is -2.45. The van der Waals surface area contributed by atoms with E-state index in [9.17, 15) is 9.90 Å². The molecule has 0 bridgehead atoms. The van der Waals surface area contributed by atoms with Crippen molar-refractivity contribution in [2.45, 2.75) is 20.4 Å². The standard InChI is InChI=1S/C23H25BrN2O3/c1-3-25-8-10-26(11-9-25)14-17-19(27)12-15(2)21-22(28)20(29-23(17)21)13-16-6-4-5-7-18(16)24/h4-7,12-13,27H,3,8-11,14H2,1-2H3/b20-13-. The zero-order valence-corrected chi connectivity index (χ0v) is 18.3. The maximum absolute atomic E-state index is 13.1. The molecule has 0 saturated carbocycles. The average Bonchev–Trinajstić information content (AvgIpc) is 3.04. The van der Waals surface area contributed by atoms with E-state index in [0.29, 0.717) is 23.4 Å². The summed E-state index contributed by atoms with van der Waals surface area (Å²) >= 11 is 3.51. The molecule has 2 aromatic rings. The number of hydrogen-bond acceptors (Lipinski definition) is 5. The van der Waals surface area contributed by atoms with Gasteiger partial charge in [0.05, 0.1) is 11.1 Å². The molecule has 1 fully saturated rings. The molecule has 2 aliphatic heterocycles. The minimum Gasteiger partial charge on any atom is -0.507 e. The fourth-order valence-electron chi connectivity index (χ4n) is 3.95. The highest BCUT2D eigenvalue weighted by Crippen LogP contribution is 2.42. The number of Topliss-reactive ketones (excluding diaryl/α,β-unsaturated/α-hetero) is 1. The second kappa shape index (κ2) is 8.30. The van der Waals surface area contributed by atoms with Crippen LogP contribution in [0.1, 0.15) is 34.0 Å². The molecule has 2 aliphatic rings. The third-order valence-corrected chi connectivity index (χ3v) is 6.43. The van der Waals surface area contributed by atoms with Crippen LogP contribution in [0.4, 0.5) is 0 Å². The van der Waals surface area contributed by atoms with Gasteiger partial charge in [0.1, 0.15) is 11.5 Å². The number of halogens is 1. The van der Waals surface area contributed by atoms with Crippen LogP contribution in [0.15, 0.2) is 40.6 Å². The largest absolute Gasteiger partial charge is 0.507 e. The summed E-state index contributed by atoms with van der Waals surface area (Å²) in [4.78, 5) is 17.8. The SMILES string of the molecule is CCN1CCN(Cc2c(O)cc(C)c3c2O/C(=C\c2ccccc2Br)C3=O)CC1. The lowest BCUT2D eigenvalue weighted by Gasteiger charge is -2.34. The molecular weight excluding hydrogens is 432 g/mol. The van der Waals surface area contributed by atoms with Gasteiger partial charge in [0.2, 0.25) is 5.78 Å². The molecule has 0 radical (unpaired) electrons. The van der Waals surface area contributed by atoms with Gasteiger partial charge < -0.3 is 14.7 Å². The van der Waals surface area contributed by atoms with Crippen molar-refractivity contribution >= 4 is 27.8 Å². The van der Waals surface area contributed by atoms with Gasteiger partial charge in [0.15, 0.2) is 5.76 Å². The number of nitrogens with zero attached hydrogens (tertiary/aromatic N) is 2. The van der Waals surface area contributed by atoms with Gasteiger partial charge in [-0.05, 0) is 42.8 Å². The van der Waals surface area contributed by atoms with Gasteiger partial charge >= 0.3 is 0 Å². The number of phenols is 1. The Bertz CT molecular complexity index is 978. The molecular formula is C23H25BrN2O3. The number of ketones is 1. The third kappa shape index (κ3) is 3.97. The van der Waals surface area contributed by atoms with Gasteiger partial charge in [-0.3, -0.25) is 9.69 Å². The predicted molar refractivity (Wildman–Crippen MR) is 117 cm³/mol. The average molecular weight is 457 g/mol. The highest BCUT2D eigenvalue weighted by atomic mass is 79.9. The fraction of sp³-hybridized carbons (Fsp3) is 0.348. The first-order chi connectivity index (χ1) is 14.0. The van der Waals surface area contributed by atoms with Crippen LogP contribution in [0.5, 0.6) is 11.5 Å². The third-order valence-electron chi connectivity index (χ3n) is 5.71. The zero-order chi connectivity index (χ0) is 20.5. The van der Waals surface area contributed by atoms with Crippen molar-refractivity contribution in [3.05, 3.63) is 62.8 Å². The summed E-state index contributed by atoms with van der Waals surface area (Å²) in [5, 5.41) is 10.6. The quantitative estimate of drug-likeness (QED) is 0.697. The number of hydrogen-bond donors (Lipinski definition) is 1. The molecule has 4 rings (SSSR count). The van der Waals surface area contributed by atoms with Gasteiger partial charge in [-0.15, -0.1) is 0 Å². The van der Waals surface area contributed by atoms with E-state index in [2.05, 4.69) is 32.7 Å². The molecule has 6 heteroatoms. The van der Waals surface area contributed by atoms with Crippen LogP contribution in [0.2, 0.25) is 0 Å². The number of allylic oxidation sites excluding steroid dienone is 1. The number of phenolic OH excluding ortho intramolecular Hbond substituents is 1. The Balaban J connectivity index is 1.65. The molecule has 0 atom stereocenters. The zero-order valence-electron chi connectivity index (χ0n) is 16.7. The lowest BCUT2D eigenvalue weighted by molar-refractivity contribution is 0.101. The van der Waals surface area contributed by atoms with Gasteiger partial charge in [-0.1, -0.05) is 41.1 Å². The van der Waals surface area contributed by atoms with Crippen molar-refractivity contribution in [3.8, 4) is 11.5 Å². The molecule has 1 saturated heterocycles. The van der Waals surface area contributed by atoms with E-state index in [1.54, 1.807) is 12.1 Å². The molecule has 2 aromatic carbocycles. The predicted octanol–water partition coefficient (Wildman–Crippen LogP) is 4.22. The Morgan fingerprint density at radius 2 is 1.86 bits per heavy atom. The molecule has 0 amide bonds. The Kier molecular flexibility index (Phi) is 5.76. The summed E-state index contributed by atoms with van der Waals surface area (Å²) in [6, 6.07) is 9.38. The van der Waals surface area contributed by atoms with Gasteiger partial charge in [-0.2, -0.15) is 0 Å². The van der Waals surface area contributed by atoms with Crippen molar-refractivity contribution in [1.29, 1.82) is 0 Å². The maximum atomic E-state index is 13.1. The molecule has 0 spiro atoms. The number of ether oxygens (including phenoxy) is 1. The van der Waals surface area contributed by atoms with E-state index < -0.39 is 0 Å². The number of carbonyl (C=O) groups excluding carboxylic acids is 1. The van der Waals surface area contributed by atoms with Gasteiger partial charge in [-0.25, -0.2) is 0 Å². The van der Waals surface area contributed by atoms with Crippen LogP contribution in [0.25, 0.3) is 6.08 Å². The maximum Gasteiger partial charge on any atom is 0.232 e. The Hall–Kier alpha value is -2.15. The summed E-state index contributed by atoms with van der Waals surface area (Å²) in [6.45, 7) is 9.53. The van der Waals surface area contributed by atoms with Crippen LogP contribution in [0.3, 0.4) is 0 Å². The van der Waals surface area contributed by atoms with Gasteiger partial charge in [0, 0.05) is 37.2 Å². The smallest absolute Gasteiger partial charge is 0.232 e. The van der Waals surface area contributed by atoms with Crippen LogP contribution >= 0.6 is 15.9 Å². The van der Waals surface area contributed by atoms with Crippen LogP contribution in [-0.2, 0) is 6.54 Å². The Labute approximate surface area is 179 Å².